The number of rotatable bonds is 2. The molecule has 0 spiro atoms. The molecule has 0 aromatic heterocycles. The molecule has 172 valence electrons. The normalized spacial score (nSPS) is 43.7. The molecule has 0 bridgehead atoms. The number of fused-ring (bicyclic) bond motifs is 5. The minimum Gasteiger partial charge on any atom is -0.294 e. The number of Topliss-reactive ketones (excluding diaryl/α,β-unsaturated/α-hetero) is 1. The highest BCUT2D eigenvalue weighted by atomic mass is 16.1. The van der Waals surface area contributed by atoms with Crippen molar-refractivity contribution in [3.8, 4) is 0 Å². The molecule has 0 saturated heterocycles. The number of hydrogen-bond donors (Lipinski definition) is 0. The average molecular weight is 423 g/mol. The molecule has 4 aliphatic carbocycles. The van der Waals surface area contributed by atoms with Gasteiger partial charge in [-0.1, -0.05) is 70.9 Å². The Labute approximate surface area is 191 Å². The summed E-state index contributed by atoms with van der Waals surface area (Å²) >= 11 is 0. The summed E-state index contributed by atoms with van der Waals surface area (Å²) in [5.74, 6) is 5.13. The Morgan fingerprint density at radius 3 is 2.19 bits per heavy atom. The third-order valence-corrected chi connectivity index (χ3v) is 10.6. The van der Waals surface area contributed by atoms with Gasteiger partial charge in [0.15, 0.2) is 5.78 Å². The van der Waals surface area contributed by atoms with Crippen molar-refractivity contribution in [3.63, 3.8) is 0 Å². The van der Waals surface area contributed by atoms with Crippen LogP contribution in [-0.4, -0.2) is 5.78 Å². The molecule has 4 saturated carbocycles. The lowest BCUT2D eigenvalue weighted by molar-refractivity contribution is -0.114. The molecule has 4 fully saturated rings. The lowest BCUT2D eigenvalue weighted by atomic mass is 9.44. The largest absolute Gasteiger partial charge is 0.294 e. The molecule has 1 aromatic rings. The monoisotopic (exact) mass is 422 g/mol. The SMILES string of the molecule is CC.Cc1ccc(C(=O)[C@H]2CCC3C4CCC5CC(C)CCC5(C)C4CCC32C)cc1. The van der Waals surface area contributed by atoms with Gasteiger partial charge in [-0.3, -0.25) is 4.79 Å². The Bertz CT molecular complexity index is 778. The van der Waals surface area contributed by atoms with E-state index in [0.29, 0.717) is 11.2 Å². The predicted octanol–water partition coefficient (Wildman–Crippen LogP) is 8.50. The van der Waals surface area contributed by atoms with Crippen LogP contribution in [0.3, 0.4) is 0 Å². The van der Waals surface area contributed by atoms with Crippen molar-refractivity contribution in [1.82, 2.24) is 0 Å². The summed E-state index contributed by atoms with van der Waals surface area (Å²) in [4.78, 5) is 13.5. The fourth-order valence-electron chi connectivity index (χ4n) is 8.82. The molecule has 4 aliphatic rings. The molecule has 0 aliphatic heterocycles. The number of carbonyl (C=O) groups excluding carboxylic acids is 1. The average Bonchev–Trinajstić information content (AvgIpc) is 3.13. The third kappa shape index (κ3) is 3.72. The third-order valence-electron chi connectivity index (χ3n) is 10.6. The van der Waals surface area contributed by atoms with E-state index in [2.05, 4.69) is 52.0 Å². The summed E-state index contributed by atoms with van der Waals surface area (Å²) in [6.45, 7) is 13.7. The van der Waals surface area contributed by atoms with Gasteiger partial charge in [-0.2, -0.15) is 0 Å². The second-order valence-corrected chi connectivity index (χ2v) is 11.9. The van der Waals surface area contributed by atoms with Crippen molar-refractivity contribution in [3.05, 3.63) is 35.4 Å². The zero-order valence-corrected chi connectivity index (χ0v) is 21.0. The molecule has 1 heteroatoms. The molecule has 8 atom stereocenters. The lowest BCUT2D eigenvalue weighted by Crippen LogP contribution is -2.53. The van der Waals surface area contributed by atoms with Crippen LogP contribution in [-0.2, 0) is 0 Å². The van der Waals surface area contributed by atoms with E-state index in [1.165, 1.54) is 56.9 Å². The Kier molecular flexibility index (Phi) is 6.46. The Morgan fingerprint density at radius 2 is 1.48 bits per heavy atom. The first-order valence-electron chi connectivity index (χ1n) is 13.4. The van der Waals surface area contributed by atoms with Gasteiger partial charge in [-0.15, -0.1) is 0 Å². The molecule has 0 N–H and O–H groups in total. The Morgan fingerprint density at radius 1 is 0.839 bits per heavy atom. The predicted molar refractivity (Wildman–Crippen MR) is 131 cm³/mol. The van der Waals surface area contributed by atoms with Crippen molar-refractivity contribution in [2.75, 3.05) is 0 Å². The fraction of sp³-hybridized carbons (Fsp3) is 0.767. The summed E-state index contributed by atoms with van der Waals surface area (Å²) in [5, 5.41) is 0. The van der Waals surface area contributed by atoms with Crippen LogP contribution in [0, 0.1) is 53.3 Å². The van der Waals surface area contributed by atoms with Crippen LogP contribution in [0.1, 0.15) is 108 Å². The summed E-state index contributed by atoms with van der Waals surface area (Å²) in [5.41, 5.74) is 3.00. The summed E-state index contributed by atoms with van der Waals surface area (Å²) in [6, 6.07) is 8.33. The minimum atomic E-state index is 0.230. The second-order valence-electron chi connectivity index (χ2n) is 11.9. The number of ketones is 1. The van der Waals surface area contributed by atoms with Gasteiger partial charge in [-0.05, 0) is 98.7 Å². The van der Waals surface area contributed by atoms with E-state index in [1.54, 1.807) is 0 Å². The molecule has 1 nitrogen and oxygen atoms in total. The van der Waals surface area contributed by atoms with Crippen LogP contribution >= 0.6 is 0 Å². The van der Waals surface area contributed by atoms with Gasteiger partial charge in [0.25, 0.3) is 0 Å². The molecule has 0 heterocycles. The van der Waals surface area contributed by atoms with Gasteiger partial charge in [-0.25, -0.2) is 0 Å². The van der Waals surface area contributed by atoms with Crippen LogP contribution < -0.4 is 0 Å². The molecule has 31 heavy (non-hydrogen) atoms. The molecule has 0 amide bonds. The molecular weight excluding hydrogens is 376 g/mol. The smallest absolute Gasteiger partial charge is 0.166 e. The fourth-order valence-corrected chi connectivity index (χ4v) is 8.82. The van der Waals surface area contributed by atoms with E-state index in [0.717, 1.165) is 41.6 Å². The topological polar surface area (TPSA) is 17.1 Å². The highest BCUT2D eigenvalue weighted by molar-refractivity contribution is 5.98. The van der Waals surface area contributed by atoms with Gasteiger partial charge >= 0.3 is 0 Å². The van der Waals surface area contributed by atoms with E-state index in [4.69, 9.17) is 0 Å². The highest BCUT2D eigenvalue weighted by Crippen LogP contribution is 2.68. The zero-order chi connectivity index (χ0) is 22.4. The van der Waals surface area contributed by atoms with Gasteiger partial charge in [0, 0.05) is 11.5 Å². The van der Waals surface area contributed by atoms with Crippen LogP contribution in [0.4, 0.5) is 0 Å². The van der Waals surface area contributed by atoms with Crippen LogP contribution in [0.15, 0.2) is 24.3 Å². The molecule has 0 radical (unpaired) electrons. The molecule has 7 unspecified atom stereocenters. The van der Waals surface area contributed by atoms with Gasteiger partial charge in [0.1, 0.15) is 0 Å². The van der Waals surface area contributed by atoms with E-state index >= 15 is 0 Å². The van der Waals surface area contributed by atoms with Gasteiger partial charge < -0.3 is 0 Å². The van der Waals surface area contributed by atoms with Crippen LogP contribution in [0.2, 0.25) is 0 Å². The summed E-state index contributed by atoms with van der Waals surface area (Å²) < 4.78 is 0. The summed E-state index contributed by atoms with van der Waals surface area (Å²) in [7, 11) is 0. The first kappa shape index (κ1) is 23.1. The van der Waals surface area contributed by atoms with Crippen molar-refractivity contribution >= 4 is 5.78 Å². The maximum atomic E-state index is 13.5. The Balaban J connectivity index is 0.00000112. The number of carbonyl (C=O) groups is 1. The maximum absolute atomic E-state index is 13.5. The molecule has 1 aromatic carbocycles. The quantitative estimate of drug-likeness (QED) is 0.437. The van der Waals surface area contributed by atoms with Gasteiger partial charge in [0.05, 0.1) is 0 Å². The maximum Gasteiger partial charge on any atom is 0.166 e. The number of benzene rings is 1. The van der Waals surface area contributed by atoms with E-state index in [1.807, 2.05) is 13.8 Å². The molecular formula is C30H46O. The van der Waals surface area contributed by atoms with Crippen LogP contribution in [0.25, 0.3) is 0 Å². The van der Waals surface area contributed by atoms with Crippen molar-refractivity contribution in [2.24, 2.45) is 46.3 Å². The first-order valence-corrected chi connectivity index (χ1v) is 13.4. The Hall–Kier alpha value is -1.11. The summed E-state index contributed by atoms with van der Waals surface area (Å²) in [6.07, 6.45) is 12.3. The van der Waals surface area contributed by atoms with E-state index in [9.17, 15) is 4.79 Å². The second kappa shape index (κ2) is 8.68. The van der Waals surface area contributed by atoms with Crippen molar-refractivity contribution < 1.29 is 4.79 Å². The lowest BCUT2D eigenvalue weighted by Gasteiger charge is -2.61. The first-order chi connectivity index (χ1) is 14.8. The zero-order valence-electron chi connectivity index (χ0n) is 21.0. The van der Waals surface area contributed by atoms with Crippen LogP contribution in [0.5, 0.6) is 0 Å². The standard InChI is InChI=1S/C28H40O.C2H6/c1-18-5-7-20(8-6-18)26(29)25-12-11-23-22-10-9-21-17-19(2)13-15-27(21,3)24(22)14-16-28(23,25)4;1-2/h5-8,19,21-25H,9-17H2,1-4H3;1-2H3/t19?,21?,22?,23?,24?,25-,27?,28?;/m1./s1. The van der Waals surface area contributed by atoms with Gasteiger partial charge in [0.2, 0.25) is 0 Å². The number of hydrogen-bond acceptors (Lipinski definition) is 1. The van der Waals surface area contributed by atoms with E-state index in [-0.39, 0.29) is 11.3 Å². The van der Waals surface area contributed by atoms with E-state index < -0.39 is 0 Å². The highest BCUT2D eigenvalue weighted by Gasteiger charge is 2.61. The number of aryl methyl sites for hydroxylation is 1. The minimum absolute atomic E-state index is 0.230. The molecule has 5 rings (SSSR count). The van der Waals surface area contributed by atoms with Crippen molar-refractivity contribution in [1.29, 1.82) is 0 Å². The van der Waals surface area contributed by atoms with Crippen molar-refractivity contribution in [2.45, 2.75) is 99.3 Å².